The van der Waals surface area contributed by atoms with Crippen LogP contribution in [0.2, 0.25) is 0 Å². The predicted molar refractivity (Wildman–Crippen MR) is 42.5 cm³/mol. The van der Waals surface area contributed by atoms with Gasteiger partial charge in [0, 0.05) is 0 Å². The molecule has 0 bridgehead atoms. The zero-order chi connectivity index (χ0) is 8.27. The van der Waals surface area contributed by atoms with Crippen LogP contribution < -0.4 is 5.73 Å². The van der Waals surface area contributed by atoms with Crippen molar-refractivity contribution in [2.45, 2.75) is 6.42 Å². The van der Waals surface area contributed by atoms with Gasteiger partial charge >= 0.3 is 0 Å². The highest BCUT2D eigenvalue weighted by Crippen LogP contribution is 2.24. The van der Waals surface area contributed by atoms with E-state index < -0.39 is 0 Å². The van der Waals surface area contributed by atoms with Gasteiger partial charge in [0.15, 0.2) is 11.5 Å². The summed E-state index contributed by atoms with van der Waals surface area (Å²) in [5.41, 5.74) is 6.24. The van der Waals surface area contributed by atoms with Gasteiger partial charge in [-0.3, -0.25) is 0 Å². The lowest BCUT2D eigenvalue weighted by atomic mass is 10.2. The molecule has 11 heavy (non-hydrogen) atoms. The minimum atomic E-state index is -0.0919. The smallest absolute Gasteiger partial charge is 0.157 e. The third kappa shape index (κ3) is 1.85. The molecule has 0 heterocycles. The van der Waals surface area contributed by atoms with E-state index in [2.05, 4.69) is 0 Å². The van der Waals surface area contributed by atoms with Crippen molar-refractivity contribution in [2.75, 3.05) is 6.54 Å². The van der Waals surface area contributed by atoms with Crippen molar-refractivity contribution < 1.29 is 10.2 Å². The third-order valence-electron chi connectivity index (χ3n) is 1.47. The predicted octanol–water partition coefficient (Wildman–Crippen LogP) is 0.599. The van der Waals surface area contributed by atoms with Gasteiger partial charge in [-0.05, 0) is 30.7 Å². The van der Waals surface area contributed by atoms with Crippen molar-refractivity contribution in [3.05, 3.63) is 23.8 Å². The third-order valence-corrected chi connectivity index (χ3v) is 1.47. The van der Waals surface area contributed by atoms with Gasteiger partial charge < -0.3 is 15.9 Å². The number of phenols is 2. The Morgan fingerprint density at radius 1 is 1.18 bits per heavy atom. The Hall–Kier alpha value is -1.22. The molecule has 0 aliphatic heterocycles. The van der Waals surface area contributed by atoms with Gasteiger partial charge in [-0.15, -0.1) is 0 Å². The number of hydrogen-bond donors (Lipinski definition) is 3. The number of benzene rings is 1. The largest absolute Gasteiger partial charge is 0.504 e. The van der Waals surface area contributed by atoms with Crippen LogP contribution in [0, 0.1) is 0 Å². The minimum absolute atomic E-state index is 0.0871. The lowest BCUT2D eigenvalue weighted by Crippen LogP contribution is -2.02. The highest BCUT2D eigenvalue weighted by Gasteiger charge is 1.98. The number of rotatable bonds is 2. The minimum Gasteiger partial charge on any atom is -0.504 e. The Bertz CT molecular complexity index is 248. The van der Waals surface area contributed by atoms with Crippen LogP contribution in [0.3, 0.4) is 0 Å². The lowest BCUT2D eigenvalue weighted by Gasteiger charge is -2.00. The molecular weight excluding hydrogens is 143 g/mol. The van der Waals surface area contributed by atoms with Gasteiger partial charge in [0.2, 0.25) is 0 Å². The lowest BCUT2D eigenvalue weighted by molar-refractivity contribution is 0.403. The molecule has 0 aliphatic rings. The van der Waals surface area contributed by atoms with Crippen LogP contribution in [-0.2, 0) is 6.42 Å². The normalized spacial score (nSPS) is 9.91. The van der Waals surface area contributed by atoms with E-state index in [0.717, 1.165) is 5.56 Å². The molecule has 0 amide bonds. The molecule has 60 valence electrons. The summed E-state index contributed by atoms with van der Waals surface area (Å²) in [5, 5.41) is 18.0. The number of hydrogen-bond acceptors (Lipinski definition) is 3. The molecule has 1 rings (SSSR count). The van der Waals surface area contributed by atoms with Crippen LogP contribution in [0.4, 0.5) is 0 Å². The van der Waals surface area contributed by atoms with Crippen LogP contribution in [0.25, 0.3) is 0 Å². The van der Waals surface area contributed by atoms with Crippen molar-refractivity contribution in [2.24, 2.45) is 5.73 Å². The van der Waals surface area contributed by atoms with Gasteiger partial charge in [0.25, 0.3) is 0 Å². The average Bonchev–Trinajstić information content (AvgIpc) is 1.98. The van der Waals surface area contributed by atoms with Gasteiger partial charge in [0.1, 0.15) is 0 Å². The summed E-state index contributed by atoms with van der Waals surface area (Å²) in [6.45, 7) is 0.546. The van der Waals surface area contributed by atoms with E-state index >= 15 is 0 Å². The van der Waals surface area contributed by atoms with Crippen molar-refractivity contribution in [3.63, 3.8) is 0 Å². The first-order valence-corrected chi connectivity index (χ1v) is 3.45. The molecule has 0 fully saturated rings. The molecule has 0 spiro atoms. The molecule has 3 heteroatoms. The summed E-state index contributed by atoms with van der Waals surface area (Å²) >= 11 is 0. The van der Waals surface area contributed by atoms with Crippen molar-refractivity contribution in [1.82, 2.24) is 0 Å². The van der Waals surface area contributed by atoms with Crippen LogP contribution >= 0.6 is 0 Å². The number of phenolic OH excluding ortho intramolecular Hbond substituents is 2. The van der Waals surface area contributed by atoms with Gasteiger partial charge in [0.05, 0.1) is 0 Å². The fourth-order valence-electron chi connectivity index (χ4n) is 0.891. The maximum atomic E-state index is 9.04. The second kappa shape index (κ2) is 3.25. The molecule has 3 nitrogen and oxygen atoms in total. The van der Waals surface area contributed by atoms with E-state index in [-0.39, 0.29) is 11.5 Å². The van der Waals surface area contributed by atoms with Crippen LogP contribution in [0.1, 0.15) is 5.56 Å². The first-order valence-electron chi connectivity index (χ1n) is 3.45. The first-order chi connectivity index (χ1) is 5.24. The summed E-state index contributed by atoms with van der Waals surface area (Å²) in [6, 6.07) is 4.71. The molecule has 1 aromatic rings. The van der Waals surface area contributed by atoms with Crippen molar-refractivity contribution >= 4 is 0 Å². The number of nitrogens with two attached hydrogens (primary N) is 1. The highest BCUT2D eigenvalue weighted by molar-refractivity contribution is 5.40. The Morgan fingerprint density at radius 3 is 2.45 bits per heavy atom. The quantitative estimate of drug-likeness (QED) is 0.431. The SMILES string of the molecule is N[13CH2]Cc1ccc(O)c(O)c1. The fourth-order valence-corrected chi connectivity index (χ4v) is 0.891. The van der Waals surface area contributed by atoms with E-state index in [1.165, 1.54) is 12.1 Å². The van der Waals surface area contributed by atoms with E-state index in [4.69, 9.17) is 15.9 Å². The van der Waals surface area contributed by atoms with Crippen molar-refractivity contribution in [3.8, 4) is 11.5 Å². The monoisotopic (exact) mass is 154 g/mol. The molecule has 4 N–H and O–H groups in total. The fraction of sp³-hybridized carbons (Fsp3) is 0.250. The molecule has 0 radical (unpaired) electrons. The zero-order valence-electron chi connectivity index (χ0n) is 6.12. The van der Waals surface area contributed by atoms with Crippen LogP contribution in [0.15, 0.2) is 18.2 Å². The molecule has 0 saturated heterocycles. The molecule has 0 saturated carbocycles. The van der Waals surface area contributed by atoms with E-state index in [9.17, 15) is 0 Å². The zero-order valence-corrected chi connectivity index (χ0v) is 6.12. The van der Waals surface area contributed by atoms with E-state index in [1.807, 2.05) is 0 Å². The van der Waals surface area contributed by atoms with Crippen molar-refractivity contribution in [1.29, 1.82) is 0 Å². The van der Waals surface area contributed by atoms with E-state index in [1.54, 1.807) is 6.07 Å². The summed E-state index contributed by atoms with van der Waals surface area (Å²) in [4.78, 5) is 0. The van der Waals surface area contributed by atoms with Gasteiger partial charge in [-0.1, -0.05) is 6.07 Å². The van der Waals surface area contributed by atoms with E-state index in [0.29, 0.717) is 13.0 Å². The molecule has 0 aliphatic carbocycles. The van der Waals surface area contributed by atoms with Crippen LogP contribution in [0.5, 0.6) is 11.5 Å². The Kier molecular flexibility index (Phi) is 2.33. The summed E-state index contributed by atoms with van der Waals surface area (Å²) < 4.78 is 0. The molecular formula is C8H11NO2. The number of aromatic hydroxyl groups is 2. The molecule has 0 unspecified atom stereocenters. The Labute approximate surface area is 65.1 Å². The maximum absolute atomic E-state index is 9.04. The Balaban J connectivity index is 2.86. The topological polar surface area (TPSA) is 66.5 Å². The second-order valence-corrected chi connectivity index (χ2v) is 2.36. The summed E-state index contributed by atoms with van der Waals surface area (Å²) in [7, 11) is 0. The van der Waals surface area contributed by atoms with Crippen LogP contribution in [-0.4, -0.2) is 16.8 Å². The standard InChI is InChI=1S/C8H11NO2/c9-4-3-6-1-2-7(10)8(11)5-6/h1-2,5,10-11H,3-4,9H2/i4+1. The van der Waals surface area contributed by atoms with Gasteiger partial charge in [-0.25, -0.2) is 0 Å². The highest BCUT2D eigenvalue weighted by atomic mass is 16.3. The summed E-state index contributed by atoms with van der Waals surface area (Å²) in [5.74, 6) is -0.179. The molecule has 1 aromatic carbocycles. The van der Waals surface area contributed by atoms with Gasteiger partial charge in [-0.2, -0.15) is 0 Å². The first kappa shape index (κ1) is 7.88. The maximum Gasteiger partial charge on any atom is 0.157 e. The molecule has 0 atom stereocenters. The summed E-state index contributed by atoms with van der Waals surface area (Å²) in [6.07, 6.45) is 0.716. The average molecular weight is 154 g/mol. The Morgan fingerprint density at radius 2 is 1.91 bits per heavy atom. The second-order valence-electron chi connectivity index (χ2n) is 2.36. The molecule has 0 aromatic heterocycles.